The second kappa shape index (κ2) is 8.49. The lowest BCUT2D eigenvalue weighted by Gasteiger charge is -2.09. The molecular weight excluding hydrogens is 334 g/mol. The van der Waals surface area contributed by atoms with E-state index in [0.717, 1.165) is 33.6 Å². The number of amides is 1. The van der Waals surface area contributed by atoms with Crippen LogP contribution in [-0.4, -0.2) is 24.0 Å². The lowest BCUT2D eigenvalue weighted by atomic mass is 10.1. The second-order valence-corrected chi connectivity index (χ2v) is 6.22. The van der Waals surface area contributed by atoms with E-state index < -0.39 is 0 Å². The van der Waals surface area contributed by atoms with Gasteiger partial charge >= 0.3 is 0 Å². The van der Waals surface area contributed by atoms with Gasteiger partial charge in [-0.25, -0.2) is 0 Å². The Labute approximate surface area is 152 Å². The van der Waals surface area contributed by atoms with Crippen LogP contribution in [0.2, 0.25) is 5.02 Å². The van der Waals surface area contributed by atoms with Gasteiger partial charge in [-0.05, 0) is 36.2 Å². The molecule has 0 unspecified atom stereocenters. The van der Waals surface area contributed by atoms with Crippen LogP contribution in [0.15, 0.2) is 60.8 Å². The first-order valence-electron chi connectivity index (χ1n) is 8.31. The van der Waals surface area contributed by atoms with E-state index in [4.69, 9.17) is 11.6 Å². The van der Waals surface area contributed by atoms with Gasteiger partial charge in [-0.15, -0.1) is 0 Å². The van der Waals surface area contributed by atoms with Gasteiger partial charge in [0.25, 0.3) is 0 Å². The Kier molecular flexibility index (Phi) is 5.86. The fraction of sp³-hybridized carbons (Fsp3) is 0.200. The summed E-state index contributed by atoms with van der Waals surface area (Å²) in [4.78, 5) is 16.4. The fourth-order valence-electron chi connectivity index (χ4n) is 2.68. The predicted octanol–water partition coefficient (Wildman–Crippen LogP) is 4.05. The summed E-state index contributed by atoms with van der Waals surface area (Å²) in [6.45, 7) is 1.17. The van der Waals surface area contributed by atoms with Crippen LogP contribution in [0, 0.1) is 0 Å². The van der Waals surface area contributed by atoms with Gasteiger partial charge in [0.1, 0.15) is 0 Å². The highest BCUT2D eigenvalue weighted by Crippen LogP contribution is 2.20. The molecule has 0 aliphatic heterocycles. The molecule has 0 atom stereocenters. The summed E-state index contributed by atoms with van der Waals surface area (Å²) in [6, 6.07) is 17.6. The van der Waals surface area contributed by atoms with Crippen molar-refractivity contribution in [3.05, 3.63) is 71.4 Å². The molecule has 3 aromatic rings. The van der Waals surface area contributed by atoms with E-state index in [2.05, 4.69) is 15.6 Å². The molecule has 4 nitrogen and oxygen atoms in total. The molecule has 0 spiro atoms. The summed E-state index contributed by atoms with van der Waals surface area (Å²) in [5, 5.41) is 8.03. The number of rotatable bonds is 7. The molecule has 2 N–H and O–H groups in total. The van der Waals surface area contributed by atoms with Crippen LogP contribution in [0.25, 0.3) is 10.9 Å². The van der Waals surface area contributed by atoms with Crippen molar-refractivity contribution in [1.29, 1.82) is 0 Å². The molecule has 0 fully saturated rings. The Morgan fingerprint density at radius 2 is 1.88 bits per heavy atom. The molecule has 2 aromatic carbocycles. The van der Waals surface area contributed by atoms with Gasteiger partial charge in [0.15, 0.2) is 0 Å². The zero-order valence-electron chi connectivity index (χ0n) is 13.8. The van der Waals surface area contributed by atoms with Gasteiger partial charge in [-0.1, -0.05) is 41.9 Å². The third-order valence-electron chi connectivity index (χ3n) is 3.93. The van der Waals surface area contributed by atoms with E-state index in [1.807, 2.05) is 54.6 Å². The Morgan fingerprint density at radius 1 is 1.04 bits per heavy atom. The Balaban J connectivity index is 1.43. The number of halogens is 1. The third-order valence-corrected chi connectivity index (χ3v) is 4.16. The van der Waals surface area contributed by atoms with E-state index in [1.165, 1.54) is 0 Å². The van der Waals surface area contributed by atoms with Gasteiger partial charge in [0.05, 0.1) is 11.2 Å². The van der Waals surface area contributed by atoms with Crippen LogP contribution in [0.1, 0.15) is 12.0 Å². The first-order valence-corrected chi connectivity index (χ1v) is 8.69. The monoisotopic (exact) mass is 353 g/mol. The number of hydrogen-bond acceptors (Lipinski definition) is 3. The maximum Gasteiger partial charge on any atom is 0.221 e. The number of carbonyl (C=O) groups excluding carboxylic acids is 1. The van der Waals surface area contributed by atoms with Crippen molar-refractivity contribution >= 4 is 34.1 Å². The number of fused-ring (bicyclic) bond motifs is 1. The van der Waals surface area contributed by atoms with Crippen molar-refractivity contribution in [3.63, 3.8) is 0 Å². The largest absolute Gasteiger partial charge is 0.383 e. The van der Waals surface area contributed by atoms with Gasteiger partial charge in [-0.3, -0.25) is 9.78 Å². The molecule has 128 valence electrons. The Bertz CT molecular complexity index is 861. The molecule has 0 radical (unpaired) electrons. The highest BCUT2D eigenvalue weighted by Gasteiger charge is 2.04. The molecule has 1 amide bonds. The molecule has 1 heterocycles. The van der Waals surface area contributed by atoms with Crippen molar-refractivity contribution in [2.75, 3.05) is 18.4 Å². The maximum absolute atomic E-state index is 12.0. The predicted molar refractivity (Wildman–Crippen MR) is 103 cm³/mol. The van der Waals surface area contributed by atoms with E-state index in [0.29, 0.717) is 19.5 Å². The highest BCUT2D eigenvalue weighted by atomic mass is 35.5. The molecule has 0 aliphatic rings. The lowest BCUT2D eigenvalue weighted by molar-refractivity contribution is -0.120. The van der Waals surface area contributed by atoms with Crippen LogP contribution in [0.5, 0.6) is 0 Å². The van der Waals surface area contributed by atoms with Crippen LogP contribution in [0.4, 0.5) is 5.69 Å². The van der Waals surface area contributed by atoms with Crippen molar-refractivity contribution in [1.82, 2.24) is 10.3 Å². The third kappa shape index (κ3) is 4.94. The van der Waals surface area contributed by atoms with Crippen LogP contribution in [-0.2, 0) is 11.2 Å². The molecule has 25 heavy (non-hydrogen) atoms. The van der Waals surface area contributed by atoms with Gasteiger partial charge in [0, 0.05) is 36.1 Å². The number of anilines is 1. The highest BCUT2D eigenvalue weighted by molar-refractivity contribution is 6.30. The maximum atomic E-state index is 12.0. The average Bonchev–Trinajstić information content (AvgIpc) is 2.62. The minimum atomic E-state index is 0.0303. The van der Waals surface area contributed by atoms with Crippen molar-refractivity contribution in [2.45, 2.75) is 12.8 Å². The minimum Gasteiger partial charge on any atom is -0.383 e. The molecule has 0 saturated carbocycles. The molecule has 3 rings (SSSR count). The number of hydrogen-bond donors (Lipinski definition) is 2. The first-order chi connectivity index (χ1) is 12.2. The summed E-state index contributed by atoms with van der Waals surface area (Å²) < 4.78 is 0. The minimum absolute atomic E-state index is 0.0303. The quantitative estimate of drug-likeness (QED) is 0.673. The first kappa shape index (κ1) is 17.2. The zero-order chi connectivity index (χ0) is 17.5. The summed E-state index contributed by atoms with van der Waals surface area (Å²) in [6.07, 6.45) is 2.96. The molecular formula is C20H20ClN3O. The van der Waals surface area contributed by atoms with Gasteiger partial charge in [0.2, 0.25) is 5.91 Å². The van der Waals surface area contributed by atoms with Gasteiger partial charge in [-0.2, -0.15) is 0 Å². The Morgan fingerprint density at radius 3 is 2.76 bits per heavy atom. The summed E-state index contributed by atoms with van der Waals surface area (Å²) in [5.41, 5.74) is 2.99. The summed E-state index contributed by atoms with van der Waals surface area (Å²) in [7, 11) is 0. The summed E-state index contributed by atoms with van der Waals surface area (Å²) in [5.74, 6) is 0.0303. The number of carbonyl (C=O) groups is 1. The van der Waals surface area contributed by atoms with E-state index in [9.17, 15) is 4.79 Å². The van der Waals surface area contributed by atoms with Crippen LogP contribution in [0.3, 0.4) is 0 Å². The molecule has 5 heteroatoms. The lowest BCUT2D eigenvalue weighted by Crippen LogP contribution is -2.27. The number of para-hydroxylation sites is 1. The number of nitrogens with one attached hydrogen (secondary N) is 2. The number of aromatic nitrogens is 1. The number of benzene rings is 2. The Hall–Kier alpha value is -2.59. The second-order valence-electron chi connectivity index (χ2n) is 5.79. The van der Waals surface area contributed by atoms with Crippen molar-refractivity contribution in [3.8, 4) is 0 Å². The van der Waals surface area contributed by atoms with Crippen molar-refractivity contribution < 1.29 is 4.79 Å². The smallest absolute Gasteiger partial charge is 0.221 e. The van der Waals surface area contributed by atoms with Crippen LogP contribution >= 0.6 is 11.6 Å². The fourth-order valence-corrected chi connectivity index (χ4v) is 2.90. The number of nitrogens with zero attached hydrogens (tertiary/aromatic N) is 1. The zero-order valence-corrected chi connectivity index (χ0v) is 14.6. The molecule has 0 saturated heterocycles. The summed E-state index contributed by atoms with van der Waals surface area (Å²) >= 11 is 5.95. The van der Waals surface area contributed by atoms with E-state index in [1.54, 1.807) is 6.20 Å². The topological polar surface area (TPSA) is 54.0 Å². The normalized spacial score (nSPS) is 10.6. The average molecular weight is 354 g/mol. The standard InChI is InChI=1S/C20H20ClN3O/c21-17-7-1-4-15(14-17)9-12-23-19(25)10-13-22-18-8-2-5-16-6-3-11-24-20(16)18/h1-8,11,14,22H,9-10,12-13H2,(H,23,25). The SMILES string of the molecule is O=C(CCNc1cccc2cccnc12)NCCc1cccc(Cl)c1. The van der Waals surface area contributed by atoms with E-state index in [-0.39, 0.29) is 5.91 Å². The number of pyridine rings is 1. The molecule has 1 aromatic heterocycles. The van der Waals surface area contributed by atoms with Crippen molar-refractivity contribution in [2.24, 2.45) is 0 Å². The van der Waals surface area contributed by atoms with E-state index >= 15 is 0 Å². The van der Waals surface area contributed by atoms with Gasteiger partial charge < -0.3 is 10.6 Å². The molecule has 0 aliphatic carbocycles. The van der Waals surface area contributed by atoms with Crippen LogP contribution < -0.4 is 10.6 Å². The molecule has 0 bridgehead atoms.